The number of hydrogen-bond acceptors (Lipinski definition) is 5. The molecular formula is C21H22ClN3O3S. The van der Waals surface area contributed by atoms with Crippen molar-refractivity contribution in [2.24, 2.45) is 17.6 Å². The maximum Gasteiger partial charge on any atom is 0.265 e. The Morgan fingerprint density at radius 3 is 2.48 bits per heavy atom. The number of thiophene rings is 1. The second-order valence-electron chi connectivity index (χ2n) is 7.63. The Balaban J connectivity index is 1.51. The monoisotopic (exact) mass is 431 g/mol. The van der Waals surface area contributed by atoms with Crippen molar-refractivity contribution in [2.45, 2.75) is 25.7 Å². The van der Waals surface area contributed by atoms with Crippen LogP contribution in [0.1, 0.15) is 56.1 Å². The van der Waals surface area contributed by atoms with Crippen molar-refractivity contribution in [3.8, 4) is 0 Å². The molecule has 0 atom stereocenters. The Bertz CT molecular complexity index is 966. The lowest BCUT2D eigenvalue weighted by molar-refractivity contribution is 0.0611. The van der Waals surface area contributed by atoms with Crippen LogP contribution >= 0.6 is 22.9 Å². The molecule has 6 nitrogen and oxygen atoms in total. The molecule has 0 bridgehead atoms. The summed E-state index contributed by atoms with van der Waals surface area (Å²) < 4.78 is 0.509. The summed E-state index contributed by atoms with van der Waals surface area (Å²) in [6.45, 7) is 1.11. The maximum atomic E-state index is 13.1. The molecule has 1 aliphatic heterocycles. The molecule has 4 rings (SSSR count). The summed E-state index contributed by atoms with van der Waals surface area (Å²) in [5.74, 6) is -0.145. The number of hydrogen-bond donors (Lipinski definition) is 2. The number of anilines is 1. The molecule has 3 N–H and O–H groups in total. The van der Waals surface area contributed by atoms with E-state index in [1.807, 2.05) is 0 Å². The van der Waals surface area contributed by atoms with Crippen molar-refractivity contribution in [3.05, 3.63) is 50.7 Å². The van der Waals surface area contributed by atoms with E-state index >= 15 is 0 Å². The smallest absolute Gasteiger partial charge is 0.265 e. The number of fused-ring (bicyclic) bond motifs is 1. The summed E-state index contributed by atoms with van der Waals surface area (Å²) in [6, 6.07) is 8.23. The summed E-state index contributed by atoms with van der Waals surface area (Å²) in [4.78, 5) is 40.2. The van der Waals surface area contributed by atoms with Gasteiger partial charge in [0.15, 0.2) is 0 Å². The van der Waals surface area contributed by atoms with E-state index in [4.69, 9.17) is 17.3 Å². The molecule has 1 saturated carbocycles. The first-order valence-electron chi connectivity index (χ1n) is 9.74. The molecule has 152 valence electrons. The Kier molecular flexibility index (Phi) is 5.72. The highest BCUT2D eigenvalue weighted by Crippen LogP contribution is 2.34. The van der Waals surface area contributed by atoms with E-state index in [0.29, 0.717) is 45.4 Å². The third kappa shape index (κ3) is 3.95. The van der Waals surface area contributed by atoms with Crippen LogP contribution in [0.2, 0.25) is 4.34 Å². The van der Waals surface area contributed by atoms with Crippen LogP contribution < -0.4 is 11.1 Å². The molecule has 0 radical (unpaired) electrons. The van der Waals surface area contributed by atoms with E-state index in [1.165, 1.54) is 4.90 Å². The van der Waals surface area contributed by atoms with Gasteiger partial charge in [-0.1, -0.05) is 17.7 Å². The summed E-state index contributed by atoms with van der Waals surface area (Å²) in [6.07, 6.45) is 4.01. The van der Waals surface area contributed by atoms with Crippen LogP contribution in [-0.2, 0) is 0 Å². The number of nitrogens with zero attached hydrogens (tertiary/aromatic N) is 1. The highest BCUT2D eigenvalue weighted by molar-refractivity contribution is 7.18. The second kappa shape index (κ2) is 8.26. The molecule has 3 amide bonds. The van der Waals surface area contributed by atoms with E-state index in [2.05, 4.69) is 5.32 Å². The number of benzene rings is 1. The highest BCUT2D eigenvalue weighted by Gasteiger charge is 2.39. The lowest BCUT2D eigenvalue weighted by Gasteiger charge is -2.29. The first-order valence-corrected chi connectivity index (χ1v) is 10.9. The van der Waals surface area contributed by atoms with Crippen molar-refractivity contribution in [3.63, 3.8) is 0 Å². The van der Waals surface area contributed by atoms with Crippen molar-refractivity contribution in [1.82, 2.24) is 4.90 Å². The minimum atomic E-state index is -0.353. The molecular weight excluding hydrogens is 410 g/mol. The fourth-order valence-corrected chi connectivity index (χ4v) is 5.07. The fraction of sp³-hybridized carbons (Fsp3) is 0.381. The average molecular weight is 432 g/mol. The van der Waals surface area contributed by atoms with Crippen LogP contribution in [0.15, 0.2) is 30.3 Å². The van der Waals surface area contributed by atoms with Gasteiger partial charge in [-0.05, 0) is 68.3 Å². The summed E-state index contributed by atoms with van der Waals surface area (Å²) in [5, 5.41) is 2.76. The van der Waals surface area contributed by atoms with Crippen molar-refractivity contribution in [1.29, 1.82) is 0 Å². The molecule has 1 aliphatic carbocycles. The number of carbonyl (C=O) groups excluding carboxylic acids is 3. The predicted molar refractivity (Wildman–Crippen MR) is 114 cm³/mol. The molecule has 2 heterocycles. The number of amides is 3. The lowest BCUT2D eigenvalue weighted by Crippen LogP contribution is -2.36. The maximum absolute atomic E-state index is 13.1. The lowest BCUT2D eigenvalue weighted by atomic mass is 9.82. The van der Waals surface area contributed by atoms with Crippen LogP contribution in [0.5, 0.6) is 0 Å². The Morgan fingerprint density at radius 2 is 1.83 bits per heavy atom. The van der Waals surface area contributed by atoms with Crippen LogP contribution in [0.4, 0.5) is 5.69 Å². The second-order valence-corrected chi connectivity index (χ2v) is 9.34. The van der Waals surface area contributed by atoms with Gasteiger partial charge in [-0.15, -0.1) is 11.3 Å². The SMILES string of the molecule is NCC1CCC(CN2C(=O)c3cccc(NC(=O)c4ccc(Cl)s4)c3C2=O)CC1. The van der Waals surface area contributed by atoms with Gasteiger partial charge in [0.05, 0.1) is 26.0 Å². The third-order valence-electron chi connectivity index (χ3n) is 5.78. The van der Waals surface area contributed by atoms with Gasteiger partial charge in [-0.25, -0.2) is 0 Å². The van der Waals surface area contributed by atoms with Gasteiger partial charge in [-0.2, -0.15) is 0 Å². The van der Waals surface area contributed by atoms with Crippen LogP contribution in [0, 0.1) is 11.8 Å². The topological polar surface area (TPSA) is 92.5 Å². The van der Waals surface area contributed by atoms with Gasteiger partial charge in [0.2, 0.25) is 0 Å². The molecule has 1 fully saturated rings. The number of nitrogens with one attached hydrogen (secondary N) is 1. The normalized spacial score (nSPS) is 21.4. The van der Waals surface area contributed by atoms with Crippen LogP contribution in [-0.4, -0.2) is 35.7 Å². The zero-order chi connectivity index (χ0) is 20.5. The van der Waals surface area contributed by atoms with Crippen LogP contribution in [0.25, 0.3) is 0 Å². The molecule has 2 aromatic rings. The standard InChI is InChI=1S/C21H22ClN3O3S/c22-17-9-8-16(29-17)19(26)24-15-3-1-2-14-18(15)21(28)25(20(14)27)11-13-6-4-12(10-23)5-7-13/h1-3,8-9,12-13H,4-7,10-11,23H2,(H,24,26). The molecule has 1 aromatic carbocycles. The zero-order valence-electron chi connectivity index (χ0n) is 15.8. The average Bonchev–Trinajstić information content (AvgIpc) is 3.26. The summed E-state index contributed by atoms with van der Waals surface area (Å²) >= 11 is 7.06. The van der Waals surface area contributed by atoms with Gasteiger partial charge < -0.3 is 11.1 Å². The number of halogens is 1. The van der Waals surface area contributed by atoms with E-state index in [-0.39, 0.29) is 23.3 Å². The number of rotatable bonds is 5. The van der Waals surface area contributed by atoms with E-state index in [0.717, 1.165) is 37.0 Å². The van der Waals surface area contributed by atoms with Crippen molar-refractivity contribution < 1.29 is 14.4 Å². The third-order valence-corrected chi connectivity index (χ3v) is 7.01. The van der Waals surface area contributed by atoms with Gasteiger partial charge in [0, 0.05) is 6.54 Å². The molecule has 1 aromatic heterocycles. The minimum absolute atomic E-state index is 0.268. The number of nitrogens with two attached hydrogens (primary N) is 1. The number of carbonyl (C=O) groups is 3. The fourth-order valence-electron chi connectivity index (χ4n) is 4.13. The Hall–Kier alpha value is -2.22. The van der Waals surface area contributed by atoms with Crippen molar-refractivity contribution >= 4 is 46.3 Å². The van der Waals surface area contributed by atoms with E-state index < -0.39 is 0 Å². The van der Waals surface area contributed by atoms with Gasteiger partial charge in [-0.3, -0.25) is 19.3 Å². The quantitative estimate of drug-likeness (QED) is 0.699. The largest absolute Gasteiger partial charge is 0.330 e. The summed E-state index contributed by atoms with van der Waals surface area (Å²) in [7, 11) is 0. The summed E-state index contributed by atoms with van der Waals surface area (Å²) in [5.41, 5.74) is 6.71. The first-order chi connectivity index (χ1) is 14.0. The first kappa shape index (κ1) is 20.1. The highest BCUT2D eigenvalue weighted by atomic mass is 35.5. The predicted octanol–water partition coefficient (Wildman–Crippen LogP) is 4.01. The zero-order valence-corrected chi connectivity index (χ0v) is 17.4. The molecule has 0 unspecified atom stereocenters. The van der Waals surface area contributed by atoms with Gasteiger partial charge >= 0.3 is 0 Å². The van der Waals surface area contributed by atoms with Gasteiger partial charge in [0.1, 0.15) is 0 Å². The van der Waals surface area contributed by atoms with E-state index in [9.17, 15) is 14.4 Å². The van der Waals surface area contributed by atoms with Crippen molar-refractivity contribution in [2.75, 3.05) is 18.4 Å². The van der Waals surface area contributed by atoms with E-state index in [1.54, 1.807) is 30.3 Å². The molecule has 0 saturated heterocycles. The molecule has 8 heteroatoms. The molecule has 0 spiro atoms. The Labute approximate surface area is 178 Å². The molecule has 2 aliphatic rings. The van der Waals surface area contributed by atoms with Gasteiger partial charge in [0.25, 0.3) is 17.7 Å². The van der Waals surface area contributed by atoms with Crippen LogP contribution in [0.3, 0.4) is 0 Å². The number of imide groups is 1. The minimum Gasteiger partial charge on any atom is -0.330 e. The Morgan fingerprint density at radius 1 is 1.10 bits per heavy atom. The molecule has 29 heavy (non-hydrogen) atoms.